The summed E-state index contributed by atoms with van der Waals surface area (Å²) in [5, 5.41) is 3.18. The molecule has 0 saturated heterocycles. The standard InChI is InChI=1S/C21H27S2.3CH3.Sn/c1-13(2)6-8-16-18-10-11-22-20(18)17(9-7-14(3)4)19-12-15(5)23-21(16)19;;;;/h10,12-14H,6-9H2,1-5H3;3*1H3;. The fourth-order valence-corrected chi connectivity index (χ4v) is 11.4. The Labute approximate surface area is 178 Å². The van der Waals surface area contributed by atoms with Crippen LogP contribution >= 0.6 is 22.7 Å². The van der Waals surface area contributed by atoms with Crippen LogP contribution in [0.2, 0.25) is 14.8 Å². The predicted molar refractivity (Wildman–Crippen MR) is 131 cm³/mol. The number of rotatable bonds is 7. The van der Waals surface area contributed by atoms with Gasteiger partial charge in [-0.25, -0.2) is 0 Å². The first-order chi connectivity index (χ1) is 12.6. The van der Waals surface area contributed by atoms with Gasteiger partial charge in [-0.15, -0.1) is 0 Å². The van der Waals surface area contributed by atoms with Crippen molar-refractivity contribution in [2.45, 2.75) is 75.1 Å². The van der Waals surface area contributed by atoms with Crippen LogP contribution in [0.4, 0.5) is 0 Å². The molecule has 0 nitrogen and oxygen atoms in total. The van der Waals surface area contributed by atoms with Crippen LogP contribution < -0.4 is 2.89 Å². The molecule has 0 saturated carbocycles. The fraction of sp³-hybridized carbons (Fsp3) is 0.583. The average Bonchev–Trinajstić information content (AvgIpc) is 3.13. The minimum absolute atomic E-state index is 0.761. The molecule has 0 fully saturated rings. The van der Waals surface area contributed by atoms with Gasteiger partial charge in [0.05, 0.1) is 0 Å². The van der Waals surface area contributed by atoms with Crippen molar-refractivity contribution in [3.63, 3.8) is 0 Å². The van der Waals surface area contributed by atoms with Crippen molar-refractivity contribution in [1.29, 1.82) is 0 Å². The van der Waals surface area contributed by atoms with Crippen molar-refractivity contribution < 1.29 is 0 Å². The first-order valence-electron chi connectivity index (χ1n) is 10.6. The first-order valence-corrected chi connectivity index (χ1v) is 22.2. The molecule has 27 heavy (non-hydrogen) atoms. The summed E-state index contributed by atoms with van der Waals surface area (Å²) in [6.07, 6.45) is 5.03. The molecule has 0 aliphatic heterocycles. The molecule has 0 radical (unpaired) electrons. The maximum absolute atomic E-state index is 2.62. The number of benzene rings is 1. The van der Waals surface area contributed by atoms with Crippen LogP contribution in [-0.4, -0.2) is 18.4 Å². The molecule has 3 rings (SSSR count). The van der Waals surface area contributed by atoms with Gasteiger partial charge >= 0.3 is 179 Å². The Bertz CT molecular complexity index is 868. The van der Waals surface area contributed by atoms with E-state index < -0.39 is 18.4 Å². The summed E-state index contributed by atoms with van der Waals surface area (Å²) in [5.74, 6) is 1.52. The van der Waals surface area contributed by atoms with E-state index in [2.05, 4.69) is 72.9 Å². The SMILES string of the molecule is Cc1cc2c(CCC(C)C)c3s[c]([Sn]([CH3])([CH3])[CH3])cc3c(CCC(C)C)c2s1. The molecule has 1 aromatic carbocycles. The first kappa shape index (κ1) is 21.6. The second-order valence-corrected chi connectivity index (χ2v) is 27.7. The second-order valence-electron chi connectivity index (χ2n) is 10.0. The van der Waals surface area contributed by atoms with Gasteiger partial charge in [0.25, 0.3) is 0 Å². The molecule has 2 aromatic heterocycles. The normalized spacial score (nSPS) is 13.0. The van der Waals surface area contributed by atoms with E-state index in [1.165, 1.54) is 30.6 Å². The van der Waals surface area contributed by atoms with E-state index in [9.17, 15) is 0 Å². The molecule has 2 heterocycles. The van der Waals surface area contributed by atoms with Gasteiger partial charge in [0.2, 0.25) is 0 Å². The average molecular weight is 507 g/mol. The van der Waals surface area contributed by atoms with Crippen molar-refractivity contribution in [3.05, 3.63) is 28.1 Å². The summed E-state index contributed by atoms with van der Waals surface area (Å²) in [5.41, 5.74) is 3.30. The molecule has 0 aliphatic carbocycles. The number of aryl methyl sites for hydroxylation is 3. The van der Waals surface area contributed by atoms with Crippen LogP contribution in [0.15, 0.2) is 12.1 Å². The zero-order chi connectivity index (χ0) is 19.9. The summed E-state index contributed by atoms with van der Waals surface area (Å²) in [6, 6.07) is 5.10. The third-order valence-corrected chi connectivity index (χ3v) is 17.2. The number of hydrogen-bond acceptors (Lipinski definition) is 2. The van der Waals surface area contributed by atoms with Gasteiger partial charge in [-0.3, -0.25) is 0 Å². The Kier molecular flexibility index (Phi) is 6.70. The molecule has 0 amide bonds. The molecule has 0 unspecified atom stereocenters. The Morgan fingerprint density at radius 1 is 0.778 bits per heavy atom. The quantitative estimate of drug-likeness (QED) is 0.283. The van der Waals surface area contributed by atoms with Crippen molar-refractivity contribution in [2.24, 2.45) is 11.8 Å². The number of fused-ring (bicyclic) bond motifs is 2. The zero-order valence-electron chi connectivity index (χ0n) is 18.5. The third kappa shape index (κ3) is 4.75. The van der Waals surface area contributed by atoms with E-state index in [1.54, 1.807) is 34.2 Å². The van der Waals surface area contributed by atoms with Gasteiger partial charge in [-0.1, -0.05) is 0 Å². The van der Waals surface area contributed by atoms with E-state index in [-0.39, 0.29) is 0 Å². The van der Waals surface area contributed by atoms with Crippen LogP contribution in [0.5, 0.6) is 0 Å². The summed E-state index contributed by atoms with van der Waals surface area (Å²) in [7, 11) is 0. The van der Waals surface area contributed by atoms with Crippen LogP contribution in [0, 0.1) is 18.8 Å². The van der Waals surface area contributed by atoms with E-state index >= 15 is 0 Å². The Balaban J connectivity index is 2.29. The summed E-state index contributed by atoms with van der Waals surface area (Å²) in [4.78, 5) is 9.16. The van der Waals surface area contributed by atoms with Crippen LogP contribution in [0.3, 0.4) is 0 Å². The fourth-order valence-electron chi connectivity index (χ4n) is 3.78. The van der Waals surface area contributed by atoms with E-state index in [0.717, 1.165) is 11.8 Å². The molecule has 0 aliphatic rings. The van der Waals surface area contributed by atoms with Gasteiger partial charge in [0, 0.05) is 0 Å². The zero-order valence-corrected chi connectivity index (χ0v) is 22.9. The number of thiophene rings is 2. The van der Waals surface area contributed by atoms with Crippen molar-refractivity contribution in [3.8, 4) is 0 Å². The topological polar surface area (TPSA) is 0 Å². The molecule has 0 spiro atoms. The van der Waals surface area contributed by atoms with E-state index in [4.69, 9.17) is 0 Å². The summed E-state index contributed by atoms with van der Waals surface area (Å²) >= 11 is 2.11. The molecule has 0 N–H and O–H groups in total. The van der Waals surface area contributed by atoms with Gasteiger partial charge in [-0.05, 0) is 0 Å². The Morgan fingerprint density at radius 3 is 1.74 bits per heavy atom. The van der Waals surface area contributed by atoms with Crippen molar-refractivity contribution >= 4 is 64.1 Å². The summed E-state index contributed by atoms with van der Waals surface area (Å²) in [6.45, 7) is 11.7. The van der Waals surface area contributed by atoms with Gasteiger partial charge in [-0.2, -0.15) is 0 Å². The predicted octanol–water partition coefficient (Wildman–Crippen LogP) is 8.15. The molecule has 3 heteroatoms. The van der Waals surface area contributed by atoms with E-state index in [1.807, 2.05) is 11.3 Å². The maximum atomic E-state index is 2.62. The molecular weight excluding hydrogens is 471 g/mol. The van der Waals surface area contributed by atoms with Crippen molar-refractivity contribution in [2.75, 3.05) is 0 Å². The van der Waals surface area contributed by atoms with Gasteiger partial charge in [0.1, 0.15) is 0 Å². The second kappa shape index (κ2) is 8.36. The van der Waals surface area contributed by atoms with Gasteiger partial charge < -0.3 is 0 Å². The van der Waals surface area contributed by atoms with Gasteiger partial charge in [0.15, 0.2) is 0 Å². The van der Waals surface area contributed by atoms with E-state index in [0.29, 0.717) is 0 Å². The molecule has 0 bridgehead atoms. The molecule has 148 valence electrons. The molecular formula is C24H36S2Sn. The minimum atomic E-state index is -2.07. The molecule has 0 atom stereocenters. The van der Waals surface area contributed by atoms with Crippen LogP contribution in [0.25, 0.3) is 20.2 Å². The monoisotopic (exact) mass is 508 g/mol. The Hall–Kier alpha value is -0.0613. The Morgan fingerprint density at radius 2 is 1.26 bits per heavy atom. The molecule has 3 aromatic rings. The number of hydrogen-bond donors (Lipinski definition) is 0. The summed E-state index contributed by atoms with van der Waals surface area (Å²) < 4.78 is 4.96. The van der Waals surface area contributed by atoms with Crippen molar-refractivity contribution in [1.82, 2.24) is 0 Å². The van der Waals surface area contributed by atoms with Crippen LogP contribution in [0.1, 0.15) is 56.5 Å². The third-order valence-electron chi connectivity index (χ3n) is 5.47. The van der Waals surface area contributed by atoms with Crippen LogP contribution in [-0.2, 0) is 12.8 Å².